The number of nitrogens with zero attached hydrogens (tertiary/aromatic N) is 1. The number of halogens is 2. The highest BCUT2D eigenvalue weighted by atomic mass is 32.2. The fraction of sp³-hybridized carbons (Fsp3) is 0.562. The number of piperidine rings is 1. The smallest absolute Gasteiger partial charge is 0.223 e. The van der Waals surface area contributed by atoms with Gasteiger partial charge < -0.3 is 5.32 Å². The molecular formula is C16H22F2N2O3S. The van der Waals surface area contributed by atoms with Gasteiger partial charge in [0, 0.05) is 19.0 Å². The molecule has 1 amide bonds. The molecule has 0 radical (unpaired) electrons. The summed E-state index contributed by atoms with van der Waals surface area (Å²) in [5.41, 5.74) is 0.480. The molecule has 1 aromatic rings. The number of hydrogen-bond acceptors (Lipinski definition) is 3. The van der Waals surface area contributed by atoms with Crippen LogP contribution in [0.1, 0.15) is 38.3 Å². The summed E-state index contributed by atoms with van der Waals surface area (Å²) in [6.07, 6.45) is 0.908. The summed E-state index contributed by atoms with van der Waals surface area (Å²) < 4.78 is 51.3. The fourth-order valence-corrected chi connectivity index (χ4v) is 3.91. The monoisotopic (exact) mass is 360 g/mol. The van der Waals surface area contributed by atoms with Crippen molar-refractivity contribution in [1.29, 1.82) is 0 Å². The van der Waals surface area contributed by atoms with Crippen molar-refractivity contribution >= 4 is 15.9 Å². The van der Waals surface area contributed by atoms with E-state index in [2.05, 4.69) is 5.32 Å². The van der Waals surface area contributed by atoms with Crippen LogP contribution in [0.3, 0.4) is 0 Å². The maximum Gasteiger partial charge on any atom is 0.223 e. The molecule has 1 unspecified atom stereocenters. The molecule has 134 valence electrons. The van der Waals surface area contributed by atoms with Gasteiger partial charge in [0.05, 0.1) is 11.8 Å². The zero-order valence-corrected chi connectivity index (χ0v) is 14.6. The SMILES string of the molecule is CCS(=O)(=O)N1CCC(C(=O)NC(C)c2ccc(F)c(F)c2)CC1. The molecule has 0 spiro atoms. The Bertz CT molecular complexity index is 701. The molecule has 0 bridgehead atoms. The van der Waals surface area contributed by atoms with Gasteiger partial charge in [-0.2, -0.15) is 0 Å². The highest BCUT2D eigenvalue weighted by Crippen LogP contribution is 2.22. The van der Waals surface area contributed by atoms with Crippen LogP contribution in [0, 0.1) is 17.6 Å². The molecule has 24 heavy (non-hydrogen) atoms. The minimum Gasteiger partial charge on any atom is -0.349 e. The second kappa shape index (κ2) is 7.57. The van der Waals surface area contributed by atoms with Crippen molar-refractivity contribution in [2.45, 2.75) is 32.7 Å². The predicted molar refractivity (Wildman–Crippen MR) is 86.7 cm³/mol. The quantitative estimate of drug-likeness (QED) is 0.875. The highest BCUT2D eigenvalue weighted by molar-refractivity contribution is 7.89. The Balaban J connectivity index is 1.92. The molecule has 0 aromatic heterocycles. The minimum atomic E-state index is -3.22. The van der Waals surface area contributed by atoms with E-state index in [1.54, 1.807) is 13.8 Å². The zero-order valence-electron chi connectivity index (χ0n) is 13.8. The van der Waals surface area contributed by atoms with Crippen LogP contribution < -0.4 is 5.32 Å². The summed E-state index contributed by atoms with van der Waals surface area (Å²) in [5.74, 6) is -2.30. The molecule has 1 aliphatic heterocycles. The first-order valence-electron chi connectivity index (χ1n) is 7.97. The number of sulfonamides is 1. The Morgan fingerprint density at radius 2 is 1.92 bits per heavy atom. The summed E-state index contributed by atoms with van der Waals surface area (Å²) >= 11 is 0. The lowest BCUT2D eigenvalue weighted by atomic mass is 9.96. The summed E-state index contributed by atoms with van der Waals surface area (Å²) in [5, 5.41) is 2.78. The van der Waals surface area contributed by atoms with Crippen molar-refractivity contribution < 1.29 is 22.0 Å². The van der Waals surface area contributed by atoms with Crippen LogP contribution in [-0.2, 0) is 14.8 Å². The van der Waals surface area contributed by atoms with E-state index in [1.165, 1.54) is 10.4 Å². The molecule has 1 N–H and O–H groups in total. The van der Waals surface area contributed by atoms with Gasteiger partial charge in [-0.05, 0) is 44.4 Å². The van der Waals surface area contributed by atoms with Crippen molar-refractivity contribution in [2.75, 3.05) is 18.8 Å². The molecule has 1 heterocycles. The van der Waals surface area contributed by atoms with Crippen molar-refractivity contribution in [2.24, 2.45) is 5.92 Å². The van der Waals surface area contributed by atoms with Crippen LogP contribution >= 0.6 is 0 Å². The second-order valence-corrected chi connectivity index (χ2v) is 8.24. The number of hydrogen-bond donors (Lipinski definition) is 1. The van der Waals surface area contributed by atoms with Crippen molar-refractivity contribution in [1.82, 2.24) is 9.62 Å². The van der Waals surface area contributed by atoms with Gasteiger partial charge in [0.2, 0.25) is 15.9 Å². The Morgan fingerprint density at radius 1 is 1.29 bits per heavy atom. The maximum atomic E-state index is 13.3. The molecule has 0 saturated carbocycles. The van der Waals surface area contributed by atoms with E-state index in [0.29, 0.717) is 31.5 Å². The third-order valence-electron chi connectivity index (χ3n) is 4.39. The van der Waals surface area contributed by atoms with Gasteiger partial charge >= 0.3 is 0 Å². The zero-order chi connectivity index (χ0) is 17.9. The molecule has 1 atom stereocenters. The third-order valence-corrected chi connectivity index (χ3v) is 6.27. The van der Waals surface area contributed by atoms with E-state index in [9.17, 15) is 22.0 Å². The molecule has 2 rings (SSSR count). The molecule has 8 heteroatoms. The van der Waals surface area contributed by atoms with E-state index < -0.39 is 27.7 Å². The van der Waals surface area contributed by atoms with Gasteiger partial charge in [0.15, 0.2) is 11.6 Å². The molecule has 1 aromatic carbocycles. The van der Waals surface area contributed by atoms with Crippen LogP contribution in [0.4, 0.5) is 8.78 Å². The Labute approximate surface area is 141 Å². The number of rotatable bonds is 5. The van der Waals surface area contributed by atoms with E-state index in [-0.39, 0.29) is 17.6 Å². The van der Waals surface area contributed by atoms with Gasteiger partial charge in [0.1, 0.15) is 0 Å². The van der Waals surface area contributed by atoms with Gasteiger partial charge in [-0.25, -0.2) is 21.5 Å². The molecular weight excluding hydrogens is 338 g/mol. The van der Waals surface area contributed by atoms with E-state index in [0.717, 1.165) is 12.1 Å². The van der Waals surface area contributed by atoms with Crippen LogP contribution in [0.5, 0.6) is 0 Å². The lowest BCUT2D eigenvalue weighted by Gasteiger charge is -2.31. The lowest BCUT2D eigenvalue weighted by Crippen LogP contribution is -2.43. The first-order valence-corrected chi connectivity index (χ1v) is 9.58. The van der Waals surface area contributed by atoms with Gasteiger partial charge in [0.25, 0.3) is 0 Å². The van der Waals surface area contributed by atoms with E-state index in [1.807, 2.05) is 0 Å². The number of carbonyl (C=O) groups excluding carboxylic acids is 1. The Hall–Kier alpha value is -1.54. The first-order chi connectivity index (χ1) is 11.2. The number of carbonyl (C=O) groups is 1. The predicted octanol–water partition coefficient (Wildman–Crippen LogP) is 2.20. The van der Waals surface area contributed by atoms with Crippen LogP contribution in [0.15, 0.2) is 18.2 Å². The molecule has 5 nitrogen and oxygen atoms in total. The van der Waals surface area contributed by atoms with Crippen molar-refractivity contribution in [3.8, 4) is 0 Å². The fourth-order valence-electron chi connectivity index (χ4n) is 2.78. The highest BCUT2D eigenvalue weighted by Gasteiger charge is 2.30. The van der Waals surface area contributed by atoms with Crippen LogP contribution in [0.25, 0.3) is 0 Å². The second-order valence-electron chi connectivity index (χ2n) is 5.98. The van der Waals surface area contributed by atoms with E-state index >= 15 is 0 Å². The lowest BCUT2D eigenvalue weighted by molar-refractivity contribution is -0.126. The van der Waals surface area contributed by atoms with Crippen LogP contribution in [-0.4, -0.2) is 37.5 Å². The van der Waals surface area contributed by atoms with E-state index in [4.69, 9.17) is 0 Å². The summed E-state index contributed by atoms with van der Waals surface area (Å²) in [6, 6.07) is 3.07. The largest absolute Gasteiger partial charge is 0.349 e. The standard InChI is InChI=1S/C16H22F2N2O3S/c1-3-24(22,23)20-8-6-12(7-9-20)16(21)19-11(2)13-4-5-14(17)15(18)10-13/h4-5,10-12H,3,6-9H2,1-2H3,(H,19,21). The van der Waals surface area contributed by atoms with Crippen LogP contribution in [0.2, 0.25) is 0 Å². The number of benzene rings is 1. The first kappa shape index (κ1) is 18.8. The Kier molecular flexibility index (Phi) is 5.92. The summed E-state index contributed by atoms with van der Waals surface area (Å²) in [7, 11) is -3.22. The maximum absolute atomic E-state index is 13.3. The Morgan fingerprint density at radius 3 is 2.46 bits per heavy atom. The minimum absolute atomic E-state index is 0.0526. The topological polar surface area (TPSA) is 66.5 Å². The van der Waals surface area contributed by atoms with Crippen molar-refractivity contribution in [3.05, 3.63) is 35.4 Å². The van der Waals surface area contributed by atoms with Gasteiger partial charge in [-0.1, -0.05) is 6.07 Å². The van der Waals surface area contributed by atoms with Gasteiger partial charge in [-0.15, -0.1) is 0 Å². The van der Waals surface area contributed by atoms with Gasteiger partial charge in [-0.3, -0.25) is 4.79 Å². The normalized spacial score (nSPS) is 18.3. The molecule has 0 aliphatic carbocycles. The molecule has 1 aliphatic rings. The number of nitrogens with one attached hydrogen (secondary N) is 1. The average Bonchev–Trinajstić information content (AvgIpc) is 2.57. The van der Waals surface area contributed by atoms with Crippen molar-refractivity contribution in [3.63, 3.8) is 0 Å². The summed E-state index contributed by atoms with van der Waals surface area (Å²) in [4.78, 5) is 12.3. The average molecular weight is 360 g/mol. The summed E-state index contributed by atoms with van der Waals surface area (Å²) in [6.45, 7) is 3.94. The third kappa shape index (κ3) is 4.30. The molecule has 1 saturated heterocycles. The number of amides is 1. The molecule has 1 fully saturated rings.